The first-order valence-electron chi connectivity index (χ1n) is 7.12. The highest BCUT2D eigenvalue weighted by Crippen LogP contribution is 2.41. The third kappa shape index (κ3) is 2.80. The predicted molar refractivity (Wildman–Crippen MR) is 82.8 cm³/mol. The summed E-state index contributed by atoms with van der Waals surface area (Å²) in [4.78, 5) is 4.24. The van der Waals surface area contributed by atoms with Crippen LogP contribution in [0.3, 0.4) is 0 Å². The number of halogens is 3. The van der Waals surface area contributed by atoms with Gasteiger partial charge >= 0.3 is 6.18 Å². The number of nitrogens with zero attached hydrogens (tertiary/aromatic N) is 1. The highest BCUT2D eigenvalue weighted by Gasteiger charge is 2.34. The lowest BCUT2D eigenvalue weighted by molar-refractivity contribution is -0.137. The predicted octanol–water partition coefficient (Wildman–Crippen LogP) is 4.97. The van der Waals surface area contributed by atoms with Gasteiger partial charge in [-0.1, -0.05) is 36.4 Å². The van der Waals surface area contributed by atoms with E-state index >= 15 is 0 Å². The Balaban J connectivity index is 2.43. The Kier molecular flexibility index (Phi) is 3.82. The summed E-state index contributed by atoms with van der Waals surface area (Å²) in [7, 11) is 0. The quantitative estimate of drug-likeness (QED) is 0.723. The number of fused-ring (bicyclic) bond motifs is 1. The molecular weight excluding hydrogens is 303 g/mol. The van der Waals surface area contributed by atoms with Crippen molar-refractivity contribution in [2.45, 2.75) is 19.2 Å². The van der Waals surface area contributed by atoms with Gasteiger partial charge in [-0.3, -0.25) is 4.98 Å². The summed E-state index contributed by atoms with van der Waals surface area (Å²) in [5.74, 6) is 0. The van der Waals surface area contributed by atoms with Crippen molar-refractivity contribution in [2.24, 2.45) is 0 Å². The molecule has 0 fully saturated rings. The number of aliphatic hydroxyl groups excluding tert-OH is 1. The smallest absolute Gasteiger partial charge is 0.389 e. The maximum Gasteiger partial charge on any atom is 0.417 e. The molecule has 0 spiro atoms. The fraction of sp³-hybridized carbons (Fsp3) is 0.167. The Labute approximate surface area is 131 Å². The standard InChI is InChI=1S/C18H14F3NO/c1-11(23)14-10-22-16-9-5-3-7-13(16)17(14)12-6-2-4-8-15(12)18(19,20)21/h2-11,23H,1H3. The Morgan fingerprint density at radius 2 is 1.65 bits per heavy atom. The molecule has 1 aromatic heterocycles. The number of aromatic nitrogens is 1. The van der Waals surface area contributed by atoms with Crippen LogP contribution in [0.4, 0.5) is 13.2 Å². The molecule has 1 heterocycles. The Morgan fingerprint density at radius 1 is 1.00 bits per heavy atom. The molecule has 0 aliphatic rings. The van der Waals surface area contributed by atoms with Gasteiger partial charge in [0, 0.05) is 17.1 Å². The molecule has 1 unspecified atom stereocenters. The molecule has 2 nitrogen and oxygen atoms in total. The fourth-order valence-electron chi connectivity index (χ4n) is 2.72. The molecule has 3 rings (SSSR count). The van der Waals surface area contributed by atoms with Crippen molar-refractivity contribution >= 4 is 10.9 Å². The second kappa shape index (κ2) is 5.66. The van der Waals surface area contributed by atoms with Gasteiger partial charge < -0.3 is 5.11 Å². The van der Waals surface area contributed by atoms with E-state index in [4.69, 9.17) is 0 Å². The summed E-state index contributed by atoms with van der Waals surface area (Å²) >= 11 is 0. The van der Waals surface area contributed by atoms with Gasteiger partial charge in [0.05, 0.1) is 17.2 Å². The van der Waals surface area contributed by atoms with E-state index in [1.54, 1.807) is 30.3 Å². The molecule has 2 aromatic carbocycles. The summed E-state index contributed by atoms with van der Waals surface area (Å²) in [5.41, 5.74) is 0.663. The van der Waals surface area contributed by atoms with Crippen molar-refractivity contribution in [1.29, 1.82) is 0 Å². The molecule has 1 atom stereocenters. The number of benzene rings is 2. The average molecular weight is 317 g/mol. The number of rotatable bonds is 2. The molecule has 0 aliphatic carbocycles. The van der Waals surface area contributed by atoms with Crippen molar-refractivity contribution in [2.75, 3.05) is 0 Å². The van der Waals surface area contributed by atoms with Gasteiger partial charge in [0.15, 0.2) is 0 Å². The summed E-state index contributed by atoms with van der Waals surface area (Å²) in [6, 6.07) is 12.4. The van der Waals surface area contributed by atoms with E-state index < -0.39 is 17.8 Å². The fourth-order valence-corrected chi connectivity index (χ4v) is 2.72. The molecule has 0 bridgehead atoms. The maximum atomic E-state index is 13.4. The van der Waals surface area contributed by atoms with Gasteiger partial charge in [-0.05, 0) is 30.2 Å². The second-order valence-electron chi connectivity index (χ2n) is 5.33. The highest BCUT2D eigenvalue weighted by atomic mass is 19.4. The molecule has 1 N–H and O–H groups in total. The Bertz CT molecular complexity index is 856. The van der Waals surface area contributed by atoms with Gasteiger partial charge in [-0.25, -0.2) is 0 Å². The van der Waals surface area contributed by atoms with Crippen LogP contribution >= 0.6 is 0 Å². The minimum atomic E-state index is -4.48. The minimum Gasteiger partial charge on any atom is -0.389 e. The third-order valence-corrected chi connectivity index (χ3v) is 3.76. The van der Waals surface area contributed by atoms with E-state index in [0.29, 0.717) is 22.0 Å². The molecule has 23 heavy (non-hydrogen) atoms. The first-order chi connectivity index (χ1) is 10.9. The van der Waals surface area contributed by atoms with Crippen LogP contribution in [0, 0.1) is 0 Å². The van der Waals surface area contributed by atoms with Crippen LogP contribution in [-0.4, -0.2) is 10.1 Å². The van der Waals surface area contributed by atoms with E-state index in [0.717, 1.165) is 6.07 Å². The van der Waals surface area contributed by atoms with Crippen molar-refractivity contribution in [3.63, 3.8) is 0 Å². The Morgan fingerprint density at radius 3 is 2.35 bits per heavy atom. The molecular formula is C18H14F3NO. The minimum absolute atomic E-state index is 0.0505. The maximum absolute atomic E-state index is 13.4. The third-order valence-electron chi connectivity index (χ3n) is 3.76. The Hall–Kier alpha value is -2.40. The van der Waals surface area contributed by atoms with Gasteiger partial charge in [-0.2, -0.15) is 13.2 Å². The average Bonchev–Trinajstić information content (AvgIpc) is 2.52. The zero-order valence-electron chi connectivity index (χ0n) is 12.3. The van der Waals surface area contributed by atoms with Crippen molar-refractivity contribution < 1.29 is 18.3 Å². The number of hydrogen-bond donors (Lipinski definition) is 1. The molecule has 0 amide bonds. The van der Waals surface area contributed by atoms with Crippen LogP contribution in [0.1, 0.15) is 24.2 Å². The monoisotopic (exact) mass is 317 g/mol. The zero-order chi connectivity index (χ0) is 16.6. The van der Waals surface area contributed by atoms with Gasteiger partial charge in [0.25, 0.3) is 0 Å². The summed E-state index contributed by atoms with van der Waals surface area (Å²) < 4.78 is 40.2. The molecule has 5 heteroatoms. The SMILES string of the molecule is CC(O)c1cnc2ccccc2c1-c1ccccc1C(F)(F)F. The lowest BCUT2D eigenvalue weighted by Crippen LogP contribution is -2.08. The van der Waals surface area contributed by atoms with Crippen LogP contribution in [0.15, 0.2) is 54.7 Å². The van der Waals surface area contributed by atoms with Crippen molar-refractivity contribution in [3.05, 3.63) is 65.9 Å². The van der Waals surface area contributed by atoms with E-state index in [1.807, 2.05) is 0 Å². The van der Waals surface area contributed by atoms with Gasteiger partial charge in [0.1, 0.15) is 0 Å². The second-order valence-corrected chi connectivity index (χ2v) is 5.33. The number of para-hydroxylation sites is 1. The molecule has 0 aliphatic heterocycles. The normalized spacial score (nSPS) is 13.3. The van der Waals surface area contributed by atoms with Crippen LogP contribution < -0.4 is 0 Å². The number of alkyl halides is 3. The summed E-state index contributed by atoms with van der Waals surface area (Å²) in [5, 5.41) is 10.6. The first kappa shape index (κ1) is 15.5. The lowest BCUT2D eigenvalue weighted by atomic mass is 9.91. The lowest BCUT2D eigenvalue weighted by Gasteiger charge is -2.19. The summed E-state index contributed by atoms with van der Waals surface area (Å²) in [6.07, 6.45) is -3.96. The molecule has 3 aromatic rings. The van der Waals surface area contributed by atoms with Gasteiger partial charge in [-0.15, -0.1) is 0 Å². The van der Waals surface area contributed by atoms with Crippen molar-refractivity contribution in [1.82, 2.24) is 4.98 Å². The largest absolute Gasteiger partial charge is 0.417 e. The highest BCUT2D eigenvalue weighted by molar-refractivity contribution is 5.97. The van der Waals surface area contributed by atoms with Gasteiger partial charge in [0.2, 0.25) is 0 Å². The van der Waals surface area contributed by atoms with E-state index in [9.17, 15) is 18.3 Å². The van der Waals surface area contributed by atoms with Crippen LogP contribution in [0.2, 0.25) is 0 Å². The summed E-state index contributed by atoms with van der Waals surface area (Å²) in [6.45, 7) is 1.52. The number of pyridine rings is 1. The molecule has 0 saturated carbocycles. The van der Waals surface area contributed by atoms with Crippen LogP contribution in [-0.2, 0) is 6.18 Å². The molecule has 0 saturated heterocycles. The first-order valence-corrected chi connectivity index (χ1v) is 7.12. The van der Waals surface area contributed by atoms with E-state index in [-0.39, 0.29) is 5.56 Å². The number of hydrogen-bond acceptors (Lipinski definition) is 2. The van der Waals surface area contributed by atoms with Crippen LogP contribution in [0.25, 0.3) is 22.0 Å². The topological polar surface area (TPSA) is 33.1 Å². The van der Waals surface area contributed by atoms with Crippen LogP contribution in [0.5, 0.6) is 0 Å². The number of aliphatic hydroxyl groups is 1. The molecule has 0 radical (unpaired) electrons. The molecule has 118 valence electrons. The van der Waals surface area contributed by atoms with E-state index in [2.05, 4.69) is 4.98 Å². The van der Waals surface area contributed by atoms with Crippen molar-refractivity contribution in [3.8, 4) is 11.1 Å². The zero-order valence-corrected chi connectivity index (χ0v) is 12.3. The van der Waals surface area contributed by atoms with E-state index in [1.165, 1.54) is 25.3 Å².